The number of rotatable bonds is 3. The van der Waals surface area contributed by atoms with Gasteiger partial charge in [-0.1, -0.05) is 13.8 Å². The summed E-state index contributed by atoms with van der Waals surface area (Å²) in [6, 6.07) is 0.0469. The lowest BCUT2D eigenvalue weighted by atomic mass is 9.93. The summed E-state index contributed by atoms with van der Waals surface area (Å²) in [5.74, 6) is 0.325. The monoisotopic (exact) mass is 199 g/mol. The van der Waals surface area contributed by atoms with E-state index >= 15 is 0 Å². The van der Waals surface area contributed by atoms with Crippen LogP contribution in [0.1, 0.15) is 26.7 Å². The van der Waals surface area contributed by atoms with E-state index in [2.05, 4.69) is 11.8 Å². The molecule has 14 heavy (non-hydrogen) atoms. The van der Waals surface area contributed by atoms with Crippen molar-refractivity contribution in [2.75, 3.05) is 13.1 Å². The number of carbonyl (C=O) groups is 1. The molecule has 4 heteroatoms. The summed E-state index contributed by atoms with van der Waals surface area (Å²) in [5.41, 5.74) is 11.3. The lowest BCUT2D eigenvalue weighted by Gasteiger charge is -2.38. The largest absolute Gasteiger partial charge is 0.368 e. The molecule has 4 nitrogen and oxygen atoms in total. The lowest BCUT2D eigenvalue weighted by Crippen LogP contribution is -2.54. The Bertz CT molecular complexity index is 208. The Morgan fingerprint density at radius 3 is 2.71 bits per heavy atom. The van der Waals surface area contributed by atoms with Crippen LogP contribution in [0.25, 0.3) is 0 Å². The highest BCUT2D eigenvalue weighted by atomic mass is 16.1. The Kier molecular flexibility index (Phi) is 3.89. The summed E-state index contributed by atoms with van der Waals surface area (Å²) < 4.78 is 0. The Balaban J connectivity index is 2.56. The van der Waals surface area contributed by atoms with Gasteiger partial charge in [0.2, 0.25) is 5.91 Å². The third-order valence-electron chi connectivity index (χ3n) is 3.20. The van der Waals surface area contributed by atoms with E-state index < -0.39 is 0 Å². The zero-order valence-corrected chi connectivity index (χ0v) is 9.07. The van der Waals surface area contributed by atoms with Crippen molar-refractivity contribution in [2.45, 2.75) is 38.8 Å². The average Bonchev–Trinajstić information content (AvgIpc) is 2.11. The first-order valence-corrected chi connectivity index (χ1v) is 5.35. The van der Waals surface area contributed by atoms with Crippen molar-refractivity contribution in [2.24, 2.45) is 17.4 Å². The van der Waals surface area contributed by atoms with E-state index in [4.69, 9.17) is 11.5 Å². The number of hydrogen-bond donors (Lipinski definition) is 2. The van der Waals surface area contributed by atoms with Gasteiger partial charge in [-0.15, -0.1) is 0 Å². The predicted molar refractivity (Wildman–Crippen MR) is 56.6 cm³/mol. The maximum atomic E-state index is 11.2. The Morgan fingerprint density at radius 2 is 2.29 bits per heavy atom. The fourth-order valence-corrected chi connectivity index (χ4v) is 2.05. The van der Waals surface area contributed by atoms with Crippen LogP contribution in [-0.2, 0) is 4.79 Å². The van der Waals surface area contributed by atoms with Crippen LogP contribution in [-0.4, -0.2) is 36.0 Å². The van der Waals surface area contributed by atoms with Crippen molar-refractivity contribution < 1.29 is 4.79 Å². The van der Waals surface area contributed by atoms with Gasteiger partial charge in [0.25, 0.3) is 0 Å². The third kappa shape index (κ3) is 2.45. The molecule has 0 aromatic heterocycles. The highest BCUT2D eigenvalue weighted by Gasteiger charge is 2.29. The second-order valence-electron chi connectivity index (χ2n) is 4.25. The minimum absolute atomic E-state index is 0.131. The molecule has 0 spiro atoms. The SMILES string of the molecule is CCC(C(N)=O)N1CCC(C)C(N)C1. The van der Waals surface area contributed by atoms with Crippen LogP contribution >= 0.6 is 0 Å². The van der Waals surface area contributed by atoms with E-state index in [1.54, 1.807) is 0 Å². The molecule has 0 bridgehead atoms. The van der Waals surface area contributed by atoms with Gasteiger partial charge in [-0.2, -0.15) is 0 Å². The van der Waals surface area contributed by atoms with E-state index in [0.717, 1.165) is 25.9 Å². The van der Waals surface area contributed by atoms with Gasteiger partial charge in [-0.25, -0.2) is 0 Å². The fraction of sp³-hybridized carbons (Fsp3) is 0.900. The topological polar surface area (TPSA) is 72.4 Å². The molecule has 0 aromatic carbocycles. The first kappa shape index (κ1) is 11.5. The molecule has 82 valence electrons. The maximum Gasteiger partial charge on any atom is 0.234 e. The van der Waals surface area contributed by atoms with Gasteiger partial charge in [-0.3, -0.25) is 9.69 Å². The van der Waals surface area contributed by atoms with Gasteiger partial charge in [0, 0.05) is 12.6 Å². The highest BCUT2D eigenvalue weighted by molar-refractivity contribution is 5.79. The fourth-order valence-electron chi connectivity index (χ4n) is 2.05. The number of piperidine rings is 1. The van der Waals surface area contributed by atoms with Gasteiger partial charge in [-0.05, 0) is 25.3 Å². The van der Waals surface area contributed by atoms with Crippen molar-refractivity contribution in [3.8, 4) is 0 Å². The molecule has 1 heterocycles. The zero-order valence-electron chi connectivity index (χ0n) is 9.07. The first-order chi connectivity index (χ1) is 6.56. The summed E-state index contributed by atoms with van der Waals surface area (Å²) in [5, 5.41) is 0. The normalized spacial score (nSPS) is 31.4. The van der Waals surface area contributed by atoms with Gasteiger partial charge in [0.1, 0.15) is 0 Å². The molecule has 1 aliphatic heterocycles. The molecule has 1 amide bonds. The van der Waals surface area contributed by atoms with Gasteiger partial charge >= 0.3 is 0 Å². The molecule has 3 unspecified atom stereocenters. The highest BCUT2D eigenvalue weighted by Crippen LogP contribution is 2.18. The van der Waals surface area contributed by atoms with E-state index in [1.807, 2.05) is 6.92 Å². The van der Waals surface area contributed by atoms with Crippen LogP contribution in [0.15, 0.2) is 0 Å². The summed E-state index contributed by atoms with van der Waals surface area (Å²) >= 11 is 0. The number of likely N-dealkylation sites (tertiary alicyclic amines) is 1. The summed E-state index contributed by atoms with van der Waals surface area (Å²) in [6.45, 7) is 5.88. The second-order valence-corrected chi connectivity index (χ2v) is 4.25. The van der Waals surface area contributed by atoms with Crippen LogP contribution in [0, 0.1) is 5.92 Å². The molecule has 4 N–H and O–H groups in total. The van der Waals surface area contributed by atoms with Crippen molar-refractivity contribution in [1.29, 1.82) is 0 Å². The van der Waals surface area contributed by atoms with Crippen LogP contribution in [0.3, 0.4) is 0 Å². The Hall–Kier alpha value is -0.610. The quantitative estimate of drug-likeness (QED) is 0.667. The van der Waals surface area contributed by atoms with Crippen LogP contribution < -0.4 is 11.5 Å². The first-order valence-electron chi connectivity index (χ1n) is 5.35. The summed E-state index contributed by atoms with van der Waals surface area (Å²) in [4.78, 5) is 13.3. The van der Waals surface area contributed by atoms with Crippen molar-refractivity contribution in [3.63, 3.8) is 0 Å². The van der Waals surface area contributed by atoms with Gasteiger partial charge in [0.05, 0.1) is 6.04 Å². The van der Waals surface area contributed by atoms with E-state index in [-0.39, 0.29) is 18.0 Å². The Labute approximate surface area is 85.6 Å². The Morgan fingerprint density at radius 1 is 1.64 bits per heavy atom. The molecule has 0 aliphatic carbocycles. The van der Waals surface area contributed by atoms with Crippen LogP contribution in [0.2, 0.25) is 0 Å². The van der Waals surface area contributed by atoms with Crippen molar-refractivity contribution >= 4 is 5.91 Å². The minimum atomic E-state index is -0.228. The summed E-state index contributed by atoms with van der Waals surface area (Å²) in [6.07, 6.45) is 1.83. The molecule has 0 saturated carbocycles. The molecule has 1 rings (SSSR count). The molecular formula is C10H21N3O. The number of amides is 1. The third-order valence-corrected chi connectivity index (χ3v) is 3.20. The van der Waals surface area contributed by atoms with Gasteiger partial charge in [0.15, 0.2) is 0 Å². The minimum Gasteiger partial charge on any atom is -0.368 e. The number of nitrogens with zero attached hydrogens (tertiary/aromatic N) is 1. The predicted octanol–water partition coefficient (Wildman–Crippen LogP) is -0.0806. The molecule has 1 aliphatic rings. The maximum absolute atomic E-state index is 11.2. The van der Waals surface area contributed by atoms with Crippen LogP contribution in [0.4, 0.5) is 0 Å². The molecule has 3 atom stereocenters. The standard InChI is InChI=1S/C10H21N3O/c1-3-9(10(12)14)13-5-4-7(2)8(11)6-13/h7-9H,3-6,11H2,1-2H3,(H2,12,14). The van der Waals surface area contributed by atoms with Gasteiger partial charge < -0.3 is 11.5 Å². The molecule has 1 fully saturated rings. The number of nitrogens with two attached hydrogens (primary N) is 2. The van der Waals surface area contributed by atoms with Crippen molar-refractivity contribution in [1.82, 2.24) is 4.90 Å². The second kappa shape index (κ2) is 4.75. The van der Waals surface area contributed by atoms with Crippen LogP contribution in [0.5, 0.6) is 0 Å². The molecule has 0 aromatic rings. The van der Waals surface area contributed by atoms with E-state index in [9.17, 15) is 4.79 Å². The smallest absolute Gasteiger partial charge is 0.234 e. The van der Waals surface area contributed by atoms with Crippen molar-refractivity contribution in [3.05, 3.63) is 0 Å². The van der Waals surface area contributed by atoms with E-state index in [1.165, 1.54) is 0 Å². The zero-order chi connectivity index (χ0) is 10.7. The molecule has 0 radical (unpaired) electrons. The summed E-state index contributed by atoms with van der Waals surface area (Å²) in [7, 11) is 0. The average molecular weight is 199 g/mol. The molecule has 1 saturated heterocycles. The molecular weight excluding hydrogens is 178 g/mol. The number of hydrogen-bond acceptors (Lipinski definition) is 3. The lowest BCUT2D eigenvalue weighted by molar-refractivity contribution is -0.124. The number of primary amides is 1. The van der Waals surface area contributed by atoms with E-state index in [0.29, 0.717) is 5.92 Å². The number of carbonyl (C=O) groups excluding carboxylic acids is 1.